The van der Waals surface area contributed by atoms with E-state index in [1.165, 1.54) is 6.07 Å². The third kappa shape index (κ3) is 5.63. The van der Waals surface area contributed by atoms with Gasteiger partial charge in [-0.3, -0.25) is 9.11 Å². The van der Waals surface area contributed by atoms with Crippen molar-refractivity contribution in [2.24, 2.45) is 5.41 Å². The minimum Gasteiger partial charge on any atom is -0.476 e. The molecule has 6 nitrogen and oxygen atoms in total. The molecule has 2 aromatic carbocycles. The van der Waals surface area contributed by atoms with Crippen molar-refractivity contribution in [3.63, 3.8) is 0 Å². The van der Waals surface area contributed by atoms with Gasteiger partial charge in [0.2, 0.25) is 5.83 Å². The number of rotatable bonds is 8. The Hall–Kier alpha value is -2.26. The molecule has 0 spiro atoms. The lowest BCUT2D eigenvalue weighted by atomic mass is 9.81. The maximum Gasteiger partial charge on any atom is 0.368 e. The van der Waals surface area contributed by atoms with Gasteiger partial charge >= 0.3 is 5.97 Å². The first kappa shape index (κ1) is 25.4. The number of halogens is 2. The van der Waals surface area contributed by atoms with Crippen LogP contribution in [-0.4, -0.2) is 32.5 Å². The first-order valence-corrected chi connectivity index (χ1v) is 12.9. The zero-order valence-corrected chi connectivity index (χ0v) is 20.2. The topological polar surface area (TPSA) is 90.2 Å². The number of para-hydroxylation sites is 1. The third-order valence-corrected chi connectivity index (χ3v) is 8.37. The number of hydrogen-bond donors (Lipinski definition) is 3. The van der Waals surface area contributed by atoms with Crippen molar-refractivity contribution in [1.29, 1.82) is 0 Å². The van der Waals surface area contributed by atoms with E-state index < -0.39 is 22.4 Å². The van der Waals surface area contributed by atoms with E-state index in [2.05, 4.69) is 13.8 Å². The molecule has 9 heteroatoms. The van der Waals surface area contributed by atoms with Crippen LogP contribution in [0.2, 0.25) is 5.02 Å². The smallest absolute Gasteiger partial charge is 0.368 e. The van der Waals surface area contributed by atoms with Gasteiger partial charge in [-0.1, -0.05) is 56.5 Å². The Balaban J connectivity index is 2.17. The number of fused-ring (bicyclic) bond motifs is 1. The number of carbonyl (C=O) groups is 1. The molecule has 0 radical (unpaired) electrons. The average Bonchev–Trinajstić information content (AvgIpc) is 2.88. The number of benzene rings is 2. The molecule has 180 valence electrons. The Morgan fingerprint density at radius 1 is 1.27 bits per heavy atom. The van der Waals surface area contributed by atoms with Gasteiger partial charge in [-0.25, -0.2) is 4.79 Å². The van der Waals surface area contributed by atoms with Gasteiger partial charge in [0.05, 0.1) is 15.6 Å². The summed E-state index contributed by atoms with van der Waals surface area (Å²) in [7, 11) is -3.27. The van der Waals surface area contributed by atoms with Crippen LogP contribution in [0.25, 0.3) is 0 Å². The highest BCUT2D eigenvalue weighted by molar-refractivity contribution is 8.24. The van der Waals surface area contributed by atoms with Gasteiger partial charge in [-0.2, -0.15) is 15.0 Å². The molecule has 1 aliphatic rings. The Bertz CT molecular complexity index is 1030. The summed E-state index contributed by atoms with van der Waals surface area (Å²) >= 11 is 6.41. The highest BCUT2D eigenvalue weighted by atomic mass is 35.5. The van der Waals surface area contributed by atoms with Crippen molar-refractivity contribution in [3.05, 3.63) is 59.6 Å². The van der Waals surface area contributed by atoms with Crippen LogP contribution in [0.1, 0.15) is 39.5 Å². The van der Waals surface area contributed by atoms with Crippen LogP contribution in [0.5, 0.6) is 5.75 Å². The predicted molar refractivity (Wildman–Crippen MR) is 131 cm³/mol. The maximum absolute atomic E-state index is 13.4. The third-order valence-electron chi connectivity index (χ3n) is 6.03. The molecule has 33 heavy (non-hydrogen) atoms. The zero-order valence-electron chi connectivity index (χ0n) is 18.6. The molecule has 0 aromatic heterocycles. The van der Waals surface area contributed by atoms with Gasteiger partial charge in [-0.05, 0) is 31.0 Å². The number of carboxylic acids is 1. The number of unbranched alkanes of at least 4 members (excludes halogenated alkanes) is 1. The second-order valence-corrected chi connectivity index (χ2v) is 10.8. The fraction of sp³-hybridized carbons (Fsp3) is 0.375. The molecule has 1 aliphatic heterocycles. The average molecular weight is 498 g/mol. The van der Waals surface area contributed by atoms with E-state index in [1.54, 1.807) is 6.07 Å². The second-order valence-electron chi connectivity index (χ2n) is 8.33. The monoisotopic (exact) mass is 497 g/mol. The number of aliphatic carboxylic acids is 1. The summed E-state index contributed by atoms with van der Waals surface area (Å²) < 4.78 is 41.3. The molecule has 0 saturated carbocycles. The van der Waals surface area contributed by atoms with Crippen LogP contribution in [0.3, 0.4) is 0 Å². The van der Waals surface area contributed by atoms with E-state index in [1.807, 2.05) is 35.2 Å². The second kappa shape index (κ2) is 10.3. The van der Waals surface area contributed by atoms with Crippen LogP contribution < -0.4 is 9.64 Å². The molecule has 0 bridgehead atoms. The molecule has 0 saturated heterocycles. The molecule has 3 rings (SSSR count). The van der Waals surface area contributed by atoms with Crippen LogP contribution in [0.15, 0.2) is 59.4 Å². The molecule has 2 aromatic rings. The summed E-state index contributed by atoms with van der Waals surface area (Å²) in [5.41, 5.74) is 1.06. The molecular weight excluding hydrogens is 469 g/mol. The Morgan fingerprint density at radius 2 is 1.97 bits per heavy atom. The summed E-state index contributed by atoms with van der Waals surface area (Å²) in [5.74, 6) is -3.16. The van der Waals surface area contributed by atoms with Crippen LogP contribution in [0, 0.1) is 5.41 Å². The van der Waals surface area contributed by atoms with Crippen molar-refractivity contribution < 1.29 is 28.1 Å². The van der Waals surface area contributed by atoms with Crippen molar-refractivity contribution >= 4 is 39.5 Å². The lowest BCUT2D eigenvalue weighted by Crippen LogP contribution is -2.37. The van der Waals surface area contributed by atoms with Gasteiger partial charge in [0.25, 0.3) is 0 Å². The maximum atomic E-state index is 13.4. The first-order chi connectivity index (χ1) is 15.6. The molecule has 0 unspecified atom stereocenters. The van der Waals surface area contributed by atoms with Crippen molar-refractivity contribution in [2.75, 3.05) is 17.2 Å². The van der Waals surface area contributed by atoms with Gasteiger partial charge in [-0.15, -0.1) is 0 Å². The van der Waals surface area contributed by atoms with Crippen LogP contribution in [0.4, 0.5) is 15.8 Å². The van der Waals surface area contributed by atoms with E-state index >= 15 is 0 Å². The number of hydrogen-bond acceptors (Lipinski definition) is 5. The van der Waals surface area contributed by atoms with Gasteiger partial charge in [0, 0.05) is 29.5 Å². The lowest BCUT2D eigenvalue weighted by molar-refractivity contribution is -0.134. The van der Waals surface area contributed by atoms with E-state index in [4.69, 9.17) is 21.4 Å². The fourth-order valence-corrected chi connectivity index (χ4v) is 6.61. The van der Waals surface area contributed by atoms with Gasteiger partial charge < -0.3 is 14.7 Å². The number of nitrogens with zero attached hydrogens (tertiary/aromatic N) is 1. The molecule has 1 heterocycles. The van der Waals surface area contributed by atoms with Crippen molar-refractivity contribution in [3.8, 4) is 5.75 Å². The number of carboxylic acid groups (broad SMARTS) is 1. The minimum absolute atomic E-state index is 0.0580. The zero-order chi connectivity index (χ0) is 24.2. The minimum atomic E-state index is -3.27. The highest BCUT2D eigenvalue weighted by Crippen LogP contribution is 2.61. The summed E-state index contributed by atoms with van der Waals surface area (Å²) in [5, 5.41) is 8.81. The lowest BCUT2D eigenvalue weighted by Gasteiger charge is -2.41. The van der Waals surface area contributed by atoms with Gasteiger partial charge in [0.15, 0.2) is 0 Å². The highest BCUT2D eigenvalue weighted by Gasteiger charge is 2.42. The summed E-state index contributed by atoms with van der Waals surface area (Å²) in [6.07, 6.45) is 3.97. The quantitative estimate of drug-likeness (QED) is 0.259. The van der Waals surface area contributed by atoms with Crippen molar-refractivity contribution in [1.82, 2.24) is 0 Å². The number of ether oxygens (including phenoxy) is 1. The Morgan fingerprint density at radius 3 is 2.58 bits per heavy atom. The van der Waals surface area contributed by atoms with E-state index in [0.29, 0.717) is 18.5 Å². The number of anilines is 2. The molecule has 0 amide bonds. The molecule has 3 N–H and O–H groups in total. The van der Waals surface area contributed by atoms with Gasteiger partial charge in [0.1, 0.15) is 12.0 Å². The van der Waals surface area contributed by atoms with Crippen LogP contribution in [-0.2, 0) is 4.79 Å². The standard InChI is InChI=1S/C24H29ClFNO5S/c1-3-5-11-24(4-2)15-27(17-9-7-6-8-10-17)20-12-18(25)21(32-14-19(26)23(28)29)13-22(20)33(30,31)16-24/h6-10,12-14,30-31H,3-5,11,15-16H2,1-2H3,(H,28,29)/b19-14-/t24-/m1/s1. The summed E-state index contributed by atoms with van der Waals surface area (Å²) in [6, 6.07) is 12.6. The molecule has 1 atom stereocenters. The van der Waals surface area contributed by atoms with E-state index in [0.717, 1.165) is 31.4 Å². The predicted octanol–water partition coefficient (Wildman–Crippen LogP) is 7.46. The molecular formula is C24H29ClFNO5S. The van der Waals surface area contributed by atoms with E-state index in [9.17, 15) is 18.3 Å². The van der Waals surface area contributed by atoms with Crippen molar-refractivity contribution in [2.45, 2.75) is 44.4 Å². The van der Waals surface area contributed by atoms with Crippen LogP contribution >= 0.6 is 22.2 Å². The normalized spacial score (nSPS) is 21.2. The summed E-state index contributed by atoms with van der Waals surface area (Å²) in [4.78, 5) is 13.0. The molecule has 0 fully saturated rings. The SMILES string of the molecule is CCCC[C@]1(CC)CN(c2ccccc2)c2cc(Cl)c(O/C=C(\F)C(=O)O)cc2S(O)(O)C1. The van der Waals surface area contributed by atoms with E-state index in [-0.39, 0.29) is 26.8 Å². The first-order valence-electron chi connectivity index (χ1n) is 10.8. The summed E-state index contributed by atoms with van der Waals surface area (Å²) in [6.45, 7) is 4.74. The largest absolute Gasteiger partial charge is 0.476 e. The molecule has 0 aliphatic carbocycles. The fourth-order valence-electron chi connectivity index (χ4n) is 4.16. The Labute approximate surface area is 200 Å². The Kier molecular flexibility index (Phi) is 7.95.